The Bertz CT molecular complexity index is 3340. The van der Waals surface area contributed by atoms with Crippen molar-refractivity contribution in [3.8, 4) is 22.3 Å². The van der Waals surface area contributed by atoms with E-state index in [2.05, 4.69) is 243 Å². The van der Waals surface area contributed by atoms with Crippen LogP contribution < -0.4 is 26.2 Å². The maximum absolute atomic E-state index is 2.62. The van der Waals surface area contributed by atoms with E-state index in [1.807, 2.05) is 11.3 Å². The van der Waals surface area contributed by atoms with Crippen LogP contribution in [-0.2, 0) is 16.2 Å². The smallest absolute Gasteiger partial charge is 0.252 e. The van der Waals surface area contributed by atoms with E-state index in [0.717, 1.165) is 5.69 Å². The number of benzene rings is 8. The lowest BCUT2D eigenvalue weighted by Gasteiger charge is -2.45. The van der Waals surface area contributed by atoms with Gasteiger partial charge < -0.3 is 9.80 Å². The maximum Gasteiger partial charge on any atom is 0.252 e. The van der Waals surface area contributed by atoms with Crippen molar-refractivity contribution in [3.63, 3.8) is 0 Å². The highest BCUT2D eigenvalue weighted by Gasteiger charge is 2.44. The predicted molar refractivity (Wildman–Crippen MR) is 285 cm³/mol. The van der Waals surface area contributed by atoms with Crippen molar-refractivity contribution < 1.29 is 0 Å². The second-order valence-corrected chi connectivity index (χ2v) is 22.7. The molecule has 0 amide bonds. The van der Waals surface area contributed by atoms with E-state index in [1.54, 1.807) is 0 Å². The summed E-state index contributed by atoms with van der Waals surface area (Å²) in [5.41, 5.74) is 21.5. The van der Waals surface area contributed by atoms with Gasteiger partial charge in [0.1, 0.15) is 0 Å². The van der Waals surface area contributed by atoms with Gasteiger partial charge in [-0.1, -0.05) is 165 Å². The molecule has 0 atom stereocenters. The Labute approximate surface area is 390 Å². The van der Waals surface area contributed by atoms with Gasteiger partial charge in [-0.25, -0.2) is 0 Å². The molecule has 65 heavy (non-hydrogen) atoms. The number of thiophene rings is 1. The molecule has 2 aliphatic heterocycles. The third kappa shape index (κ3) is 6.92. The normalized spacial score (nSPS) is 13.6. The Morgan fingerprint density at radius 3 is 1.69 bits per heavy atom. The van der Waals surface area contributed by atoms with E-state index in [-0.39, 0.29) is 23.0 Å². The van der Waals surface area contributed by atoms with Crippen molar-refractivity contribution in [2.75, 3.05) is 9.80 Å². The molecule has 0 bridgehead atoms. The monoisotopic (exact) mass is 860 g/mol. The Morgan fingerprint density at radius 2 is 0.985 bits per heavy atom. The van der Waals surface area contributed by atoms with Gasteiger partial charge in [-0.15, -0.1) is 11.3 Å². The lowest BCUT2D eigenvalue weighted by atomic mass is 9.33. The maximum atomic E-state index is 2.62. The van der Waals surface area contributed by atoms with Crippen LogP contribution in [0.2, 0.25) is 0 Å². The number of anilines is 6. The van der Waals surface area contributed by atoms with Crippen molar-refractivity contribution in [3.05, 3.63) is 186 Å². The Hall–Kier alpha value is -6.36. The molecule has 0 spiro atoms. The zero-order chi connectivity index (χ0) is 45.2. The first kappa shape index (κ1) is 41.4. The highest BCUT2D eigenvalue weighted by Crippen LogP contribution is 2.49. The van der Waals surface area contributed by atoms with Gasteiger partial charge in [-0.3, -0.25) is 0 Å². The van der Waals surface area contributed by atoms with E-state index in [9.17, 15) is 0 Å². The van der Waals surface area contributed by atoms with E-state index in [4.69, 9.17) is 0 Å². The Morgan fingerprint density at radius 1 is 0.400 bits per heavy atom. The zero-order valence-electron chi connectivity index (χ0n) is 39.5. The van der Waals surface area contributed by atoms with E-state index in [1.165, 1.54) is 110 Å². The van der Waals surface area contributed by atoms with Crippen LogP contribution >= 0.6 is 11.3 Å². The van der Waals surface area contributed by atoms with Crippen LogP contribution in [0.25, 0.3) is 42.4 Å². The summed E-state index contributed by atoms with van der Waals surface area (Å²) < 4.78 is 2.66. The molecule has 3 heterocycles. The summed E-state index contributed by atoms with van der Waals surface area (Å²) >= 11 is 1.88. The Kier molecular flexibility index (Phi) is 9.44. The van der Waals surface area contributed by atoms with Gasteiger partial charge in [-0.05, 0) is 139 Å². The van der Waals surface area contributed by atoms with Crippen molar-refractivity contribution in [2.45, 2.75) is 85.5 Å². The molecule has 0 radical (unpaired) electrons. The van der Waals surface area contributed by atoms with Crippen LogP contribution in [-0.4, -0.2) is 6.71 Å². The van der Waals surface area contributed by atoms with Crippen LogP contribution in [0.1, 0.15) is 84.6 Å². The second-order valence-electron chi connectivity index (χ2n) is 21.6. The number of aryl methyl sites for hydroxylation is 1. The molecule has 0 saturated heterocycles. The number of rotatable bonds is 4. The van der Waals surface area contributed by atoms with Gasteiger partial charge in [0, 0.05) is 54.2 Å². The largest absolute Gasteiger partial charge is 0.311 e. The first-order valence-electron chi connectivity index (χ1n) is 23.3. The van der Waals surface area contributed by atoms with Gasteiger partial charge in [0.15, 0.2) is 0 Å². The summed E-state index contributed by atoms with van der Waals surface area (Å²) in [6.07, 6.45) is 0. The molecule has 0 fully saturated rings. The molecule has 2 aliphatic rings. The quantitative estimate of drug-likeness (QED) is 0.163. The van der Waals surface area contributed by atoms with E-state index in [0.29, 0.717) is 0 Å². The van der Waals surface area contributed by atoms with Crippen LogP contribution in [0, 0.1) is 6.92 Å². The summed E-state index contributed by atoms with van der Waals surface area (Å²) in [7, 11) is 0. The number of hydrogen-bond donors (Lipinski definition) is 0. The number of hydrogen-bond acceptors (Lipinski definition) is 3. The van der Waals surface area contributed by atoms with Gasteiger partial charge in [-0.2, -0.15) is 0 Å². The first-order chi connectivity index (χ1) is 31.0. The molecule has 2 nitrogen and oxygen atoms in total. The minimum absolute atomic E-state index is 0.00918. The fourth-order valence-electron chi connectivity index (χ4n) is 10.4. The standard InChI is InChI=1S/C61H57BN2S/c1-38-32-54-58-55(33-38)64(51-30-24-42(59(2,3)4)35-48(51)40-16-12-11-13-17-40)53-37-44(61(8,9)10)23-29-49(53)62(58)50-36-43(60(5,6)7)25-31-52(50)63(54)45-26-20-39(21-27-45)41-22-28-47-46-18-14-15-19-56(46)65-57(47)34-41/h11-37H,1-10H3. The number of fused-ring (bicyclic) bond motifs is 7. The number of nitrogens with zero attached hydrogens (tertiary/aromatic N) is 2. The molecule has 320 valence electrons. The van der Waals surface area contributed by atoms with Gasteiger partial charge in [0.05, 0.1) is 5.69 Å². The average molecular weight is 861 g/mol. The summed E-state index contributed by atoms with van der Waals surface area (Å²) in [5, 5.41) is 2.66. The highest BCUT2D eigenvalue weighted by molar-refractivity contribution is 7.25. The molecule has 9 aromatic rings. The highest BCUT2D eigenvalue weighted by atomic mass is 32.1. The summed E-state index contributed by atoms with van der Waals surface area (Å²) in [4.78, 5) is 5.17. The minimum Gasteiger partial charge on any atom is -0.311 e. The van der Waals surface area contributed by atoms with Crippen LogP contribution in [0.15, 0.2) is 164 Å². The molecule has 11 rings (SSSR count). The average Bonchev–Trinajstić information content (AvgIpc) is 3.66. The Balaban J connectivity index is 1.15. The van der Waals surface area contributed by atoms with Crippen molar-refractivity contribution in [2.24, 2.45) is 0 Å². The minimum atomic E-state index is -0.0342. The van der Waals surface area contributed by atoms with E-state index >= 15 is 0 Å². The molecular formula is C61H57BN2S. The van der Waals surface area contributed by atoms with Crippen molar-refractivity contribution in [1.82, 2.24) is 0 Å². The molecule has 0 unspecified atom stereocenters. The van der Waals surface area contributed by atoms with Crippen molar-refractivity contribution in [1.29, 1.82) is 0 Å². The third-order valence-electron chi connectivity index (χ3n) is 14.0. The third-order valence-corrected chi connectivity index (χ3v) is 15.1. The molecule has 8 aromatic carbocycles. The first-order valence-corrected chi connectivity index (χ1v) is 24.1. The molecular weight excluding hydrogens is 804 g/mol. The second kappa shape index (κ2) is 14.8. The van der Waals surface area contributed by atoms with Gasteiger partial charge >= 0.3 is 0 Å². The van der Waals surface area contributed by atoms with E-state index < -0.39 is 0 Å². The molecule has 1 aromatic heterocycles. The molecule has 4 heteroatoms. The summed E-state index contributed by atoms with van der Waals surface area (Å²) in [6.45, 7) is 23.3. The predicted octanol–water partition coefficient (Wildman–Crippen LogP) is 15.7. The molecule has 0 aliphatic carbocycles. The zero-order valence-corrected chi connectivity index (χ0v) is 40.3. The fraction of sp³-hybridized carbons (Fsp3) is 0.213. The van der Waals surface area contributed by atoms with Crippen LogP contribution in [0.3, 0.4) is 0 Å². The lowest BCUT2D eigenvalue weighted by Crippen LogP contribution is -2.61. The van der Waals surface area contributed by atoms with Crippen molar-refractivity contribution >= 4 is 88.7 Å². The van der Waals surface area contributed by atoms with Gasteiger partial charge in [0.25, 0.3) is 6.71 Å². The lowest BCUT2D eigenvalue weighted by molar-refractivity contribution is 0.590. The fourth-order valence-corrected chi connectivity index (χ4v) is 11.5. The van der Waals surface area contributed by atoms with Crippen LogP contribution in [0.5, 0.6) is 0 Å². The molecule has 0 N–H and O–H groups in total. The summed E-state index contributed by atoms with van der Waals surface area (Å²) in [6, 6.07) is 62.8. The molecule has 0 saturated carbocycles. The van der Waals surface area contributed by atoms with Crippen LogP contribution in [0.4, 0.5) is 34.1 Å². The SMILES string of the molecule is Cc1cc2c3c(c1)N(c1ccc(C(C)(C)C)cc1-c1ccccc1)c1cc(C(C)(C)C)ccc1B3c1cc(C(C)(C)C)ccc1N2c1ccc(-c2ccc3c(c2)sc2ccccc23)cc1. The summed E-state index contributed by atoms with van der Waals surface area (Å²) in [5.74, 6) is 0. The topological polar surface area (TPSA) is 6.48 Å². The van der Waals surface area contributed by atoms with Gasteiger partial charge in [0.2, 0.25) is 0 Å².